The minimum atomic E-state index is -0.639. The van der Waals surface area contributed by atoms with E-state index in [-0.39, 0.29) is 12.0 Å². The third kappa shape index (κ3) is 8.35. The molecule has 2 aromatic carbocycles. The lowest BCUT2D eigenvalue weighted by Gasteiger charge is -2.43. The first-order chi connectivity index (χ1) is 14.6. The van der Waals surface area contributed by atoms with Gasteiger partial charge in [0.1, 0.15) is 5.60 Å². The van der Waals surface area contributed by atoms with Crippen molar-refractivity contribution in [2.24, 2.45) is 5.92 Å². The average molecular weight is 427 g/mol. The Balaban J connectivity index is 2.44. The predicted octanol–water partition coefficient (Wildman–Crippen LogP) is 5.29. The van der Waals surface area contributed by atoms with Crippen molar-refractivity contribution >= 4 is 6.09 Å². The monoisotopic (exact) mass is 426 g/mol. The van der Waals surface area contributed by atoms with E-state index in [0.717, 1.165) is 11.1 Å². The first kappa shape index (κ1) is 24.9. The number of carbonyl (C=O) groups excluding carboxylic acids is 1. The van der Waals surface area contributed by atoms with E-state index in [2.05, 4.69) is 26.0 Å². The molecule has 0 fully saturated rings. The van der Waals surface area contributed by atoms with Gasteiger partial charge in [0.2, 0.25) is 0 Å². The highest BCUT2D eigenvalue weighted by Crippen LogP contribution is 2.22. The lowest BCUT2D eigenvalue weighted by atomic mass is 10.0. The molecule has 0 radical (unpaired) electrons. The molecule has 0 aliphatic carbocycles. The maximum atomic E-state index is 13.3. The van der Waals surface area contributed by atoms with Crippen LogP contribution in [0.1, 0.15) is 52.7 Å². The Hall–Kier alpha value is -2.37. The number of benzene rings is 2. The maximum Gasteiger partial charge on any atom is 0.425 e. The number of nitrogens with zero attached hydrogens (tertiary/aromatic N) is 2. The van der Waals surface area contributed by atoms with E-state index in [0.29, 0.717) is 19.5 Å². The Labute approximate surface area is 187 Å². The Bertz CT molecular complexity index is 785. The Morgan fingerprint density at radius 1 is 0.935 bits per heavy atom. The van der Waals surface area contributed by atoms with Crippen LogP contribution in [0, 0.1) is 5.92 Å². The molecule has 5 heteroatoms. The highest BCUT2D eigenvalue weighted by molar-refractivity contribution is 5.67. The molecule has 0 heterocycles. The Morgan fingerprint density at radius 2 is 1.45 bits per heavy atom. The van der Waals surface area contributed by atoms with E-state index in [9.17, 15) is 9.90 Å². The van der Waals surface area contributed by atoms with Gasteiger partial charge in [0.15, 0.2) is 0 Å². The zero-order valence-corrected chi connectivity index (χ0v) is 19.8. The molecule has 0 aliphatic heterocycles. The van der Waals surface area contributed by atoms with Crippen LogP contribution in [0.3, 0.4) is 0 Å². The van der Waals surface area contributed by atoms with Gasteiger partial charge in [-0.1, -0.05) is 74.5 Å². The number of aliphatic hydroxyl groups excluding tert-OH is 1. The number of hydrogen-bond acceptors (Lipinski definition) is 4. The summed E-state index contributed by atoms with van der Waals surface area (Å²) in [6.07, 6.45) is -0.422. The van der Waals surface area contributed by atoms with Gasteiger partial charge in [-0.15, -0.1) is 0 Å². The number of carbonyl (C=O) groups is 1. The molecule has 2 aromatic rings. The van der Waals surface area contributed by atoms with Gasteiger partial charge in [0.25, 0.3) is 0 Å². The Morgan fingerprint density at radius 3 is 1.90 bits per heavy atom. The number of ether oxygens (including phenoxy) is 1. The second-order valence-electron chi connectivity index (χ2n) is 9.54. The Kier molecular flexibility index (Phi) is 9.08. The van der Waals surface area contributed by atoms with Crippen LogP contribution < -0.4 is 0 Å². The summed E-state index contributed by atoms with van der Waals surface area (Å²) in [5.74, 6) is 0.290. The molecule has 0 aliphatic rings. The van der Waals surface area contributed by atoms with Crippen LogP contribution in [-0.2, 0) is 17.7 Å². The highest BCUT2D eigenvalue weighted by Gasteiger charge is 2.34. The first-order valence-electron chi connectivity index (χ1n) is 11.1. The lowest BCUT2D eigenvalue weighted by molar-refractivity contribution is -0.105. The quantitative estimate of drug-likeness (QED) is 0.554. The van der Waals surface area contributed by atoms with Gasteiger partial charge in [0, 0.05) is 6.54 Å². The first-order valence-corrected chi connectivity index (χ1v) is 11.1. The molecular weight excluding hydrogens is 388 g/mol. The summed E-state index contributed by atoms with van der Waals surface area (Å²) in [5.41, 5.74) is 1.51. The molecule has 0 aromatic heterocycles. The van der Waals surface area contributed by atoms with Crippen LogP contribution in [0.4, 0.5) is 4.79 Å². The van der Waals surface area contributed by atoms with E-state index in [1.807, 2.05) is 74.3 Å². The minimum Gasteiger partial charge on any atom is -0.443 e. The molecule has 2 rings (SSSR count). The molecule has 2 atom stereocenters. The summed E-state index contributed by atoms with van der Waals surface area (Å²) in [5, 5.41) is 14.4. The normalized spacial score (nSPS) is 13.8. The molecule has 31 heavy (non-hydrogen) atoms. The van der Waals surface area contributed by atoms with Crippen molar-refractivity contribution in [2.75, 3.05) is 6.54 Å². The summed E-state index contributed by atoms with van der Waals surface area (Å²) in [6.45, 7) is 12.6. The summed E-state index contributed by atoms with van der Waals surface area (Å²) >= 11 is 0. The van der Waals surface area contributed by atoms with Gasteiger partial charge in [0.05, 0.1) is 18.7 Å². The molecule has 0 bridgehead atoms. The van der Waals surface area contributed by atoms with Crippen LogP contribution in [0.5, 0.6) is 0 Å². The molecule has 0 saturated heterocycles. The van der Waals surface area contributed by atoms with E-state index in [1.165, 1.54) is 0 Å². The highest BCUT2D eigenvalue weighted by atomic mass is 16.6. The maximum absolute atomic E-state index is 13.3. The number of hydrazine groups is 1. The zero-order chi connectivity index (χ0) is 23.0. The van der Waals surface area contributed by atoms with Crippen LogP contribution in [0.15, 0.2) is 60.7 Å². The second-order valence-corrected chi connectivity index (χ2v) is 9.54. The third-order valence-electron chi connectivity index (χ3n) is 4.87. The van der Waals surface area contributed by atoms with Gasteiger partial charge in [-0.05, 0) is 51.2 Å². The number of hydrogen-bond donors (Lipinski definition) is 1. The minimum absolute atomic E-state index is 0.277. The van der Waals surface area contributed by atoms with Gasteiger partial charge >= 0.3 is 6.09 Å². The fraction of sp³-hybridized carbons (Fsp3) is 0.500. The summed E-state index contributed by atoms with van der Waals surface area (Å²) in [7, 11) is 0. The smallest absolute Gasteiger partial charge is 0.425 e. The molecule has 0 unspecified atom stereocenters. The van der Waals surface area contributed by atoms with Crippen molar-refractivity contribution in [1.29, 1.82) is 0 Å². The summed E-state index contributed by atoms with van der Waals surface area (Å²) < 4.78 is 5.78. The van der Waals surface area contributed by atoms with Gasteiger partial charge in [-0.3, -0.25) is 0 Å². The average Bonchev–Trinajstić information content (AvgIpc) is 2.69. The molecule has 0 spiro atoms. The number of aliphatic hydroxyl groups is 1. The van der Waals surface area contributed by atoms with Crippen LogP contribution in [0.25, 0.3) is 0 Å². The van der Waals surface area contributed by atoms with Crippen molar-refractivity contribution in [3.8, 4) is 0 Å². The van der Waals surface area contributed by atoms with Gasteiger partial charge in [-0.25, -0.2) is 14.8 Å². The molecule has 170 valence electrons. The number of amides is 1. The molecule has 0 saturated carbocycles. The van der Waals surface area contributed by atoms with Crippen LogP contribution in [-0.4, -0.2) is 45.5 Å². The van der Waals surface area contributed by atoms with Crippen LogP contribution in [0.2, 0.25) is 0 Å². The molecule has 1 N–H and O–H groups in total. The standard InChI is InChI=1S/C26H38N2O3/c1-20(2)18-27(24(21(3)29)17-22-13-9-7-10-14-22)28(25(30)31-26(4,5)6)19-23-15-11-8-12-16-23/h7-16,20-21,24,29H,17-19H2,1-6H3/t21-,24+/m1/s1. The second kappa shape index (κ2) is 11.3. The summed E-state index contributed by atoms with van der Waals surface area (Å²) in [4.78, 5) is 13.3. The lowest BCUT2D eigenvalue weighted by Crippen LogP contribution is -2.57. The molecule has 1 amide bonds. The van der Waals surface area contributed by atoms with E-state index in [4.69, 9.17) is 4.74 Å². The number of rotatable bonds is 9. The topological polar surface area (TPSA) is 53.0 Å². The third-order valence-corrected chi connectivity index (χ3v) is 4.87. The van der Waals surface area contributed by atoms with Crippen molar-refractivity contribution in [3.05, 3.63) is 71.8 Å². The zero-order valence-electron chi connectivity index (χ0n) is 19.8. The summed E-state index contributed by atoms with van der Waals surface area (Å²) in [6, 6.07) is 19.7. The largest absolute Gasteiger partial charge is 0.443 e. The van der Waals surface area contributed by atoms with Crippen LogP contribution >= 0.6 is 0 Å². The predicted molar refractivity (Wildman–Crippen MR) is 125 cm³/mol. The van der Waals surface area contributed by atoms with Gasteiger partial charge < -0.3 is 9.84 Å². The van der Waals surface area contributed by atoms with Crippen molar-refractivity contribution in [3.63, 3.8) is 0 Å². The SMILES string of the molecule is CC(C)CN([C@@H](Cc1ccccc1)[C@@H](C)O)N(Cc1ccccc1)C(=O)OC(C)(C)C. The fourth-order valence-corrected chi connectivity index (χ4v) is 3.50. The fourth-order valence-electron chi connectivity index (χ4n) is 3.50. The van der Waals surface area contributed by atoms with Gasteiger partial charge in [-0.2, -0.15) is 0 Å². The molecule has 5 nitrogen and oxygen atoms in total. The van der Waals surface area contributed by atoms with Crippen molar-refractivity contribution < 1.29 is 14.6 Å². The molecular formula is C26H38N2O3. The van der Waals surface area contributed by atoms with Crippen molar-refractivity contribution in [2.45, 2.75) is 72.3 Å². The van der Waals surface area contributed by atoms with Crippen molar-refractivity contribution in [1.82, 2.24) is 10.0 Å². The van der Waals surface area contributed by atoms with E-state index < -0.39 is 17.8 Å². The van der Waals surface area contributed by atoms with E-state index >= 15 is 0 Å². The van der Waals surface area contributed by atoms with E-state index in [1.54, 1.807) is 11.9 Å².